The highest BCUT2D eigenvalue weighted by Gasteiger charge is 2.21. The molecule has 0 amide bonds. The van der Waals surface area contributed by atoms with Crippen LogP contribution in [0.1, 0.15) is 20.3 Å². The van der Waals surface area contributed by atoms with E-state index in [1.54, 1.807) is 38.1 Å². The van der Waals surface area contributed by atoms with E-state index >= 15 is 0 Å². The number of aromatic nitrogens is 2. The molecule has 20 heavy (non-hydrogen) atoms. The number of benzene rings is 1. The number of nitrogens with zero attached hydrogens (tertiary/aromatic N) is 3. The zero-order chi connectivity index (χ0) is 14.9. The van der Waals surface area contributed by atoms with E-state index in [0.717, 1.165) is 5.52 Å². The Kier molecular flexibility index (Phi) is 3.63. The van der Waals surface area contributed by atoms with E-state index in [1.165, 1.54) is 6.07 Å². The summed E-state index contributed by atoms with van der Waals surface area (Å²) in [7, 11) is 1.77. The van der Waals surface area contributed by atoms with Gasteiger partial charge in [0.15, 0.2) is 0 Å². The summed E-state index contributed by atoms with van der Waals surface area (Å²) in [5, 5.41) is 28.3. The molecule has 7 nitrogen and oxygen atoms in total. The lowest BCUT2D eigenvalue weighted by atomic mass is 10.1. The first-order chi connectivity index (χ1) is 9.28. The number of rotatable bonds is 5. The lowest BCUT2D eigenvalue weighted by Crippen LogP contribution is -2.28. The first-order valence-electron chi connectivity index (χ1n) is 6.33. The van der Waals surface area contributed by atoms with Gasteiger partial charge in [-0.05, 0) is 26.3 Å². The lowest BCUT2D eigenvalue weighted by Gasteiger charge is -2.24. The second-order valence-corrected chi connectivity index (χ2v) is 5.54. The molecule has 1 aromatic carbocycles. The third-order valence-electron chi connectivity index (χ3n) is 3.20. The molecule has 0 aliphatic heterocycles. The van der Waals surface area contributed by atoms with E-state index in [9.17, 15) is 15.2 Å². The van der Waals surface area contributed by atoms with Gasteiger partial charge in [-0.3, -0.25) is 15.2 Å². The number of aliphatic hydroxyl groups is 1. The van der Waals surface area contributed by atoms with Crippen LogP contribution in [0.5, 0.6) is 0 Å². The molecule has 7 heteroatoms. The van der Waals surface area contributed by atoms with Crippen molar-refractivity contribution in [1.29, 1.82) is 0 Å². The van der Waals surface area contributed by atoms with E-state index in [1.807, 2.05) is 0 Å². The third-order valence-corrected chi connectivity index (χ3v) is 3.20. The molecule has 108 valence electrons. The van der Waals surface area contributed by atoms with Crippen molar-refractivity contribution in [1.82, 2.24) is 10.2 Å². The molecular weight excluding hydrogens is 260 g/mol. The Labute approximate surface area is 116 Å². The number of aromatic amines is 1. The molecule has 0 aliphatic rings. The summed E-state index contributed by atoms with van der Waals surface area (Å²) < 4.78 is 0. The summed E-state index contributed by atoms with van der Waals surface area (Å²) in [6.07, 6.45) is 2.07. The lowest BCUT2D eigenvalue weighted by molar-refractivity contribution is -0.384. The minimum absolute atomic E-state index is 0.0390. The van der Waals surface area contributed by atoms with Gasteiger partial charge in [-0.25, -0.2) is 0 Å². The number of anilines is 1. The van der Waals surface area contributed by atoms with Gasteiger partial charge in [-0.15, -0.1) is 0 Å². The van der Waals surface area contributed by atoms with E-state index in [-0.39, 0.29) is 5.69 Å². The molecule has 0 aliphatic carbocycles. The highest BCUT2D eigenvalue weighted by molar-refractivity contribution is 5.87. The monoisotopic (exact) mass is 278 g/mol. The highest BCUT2D eigenvalue weighted by atomic mass is 16.6. The van der Waals surface area contributed by atoms with Crippen LogP contribution in [0.15, 0.2) is 18.3 Å². The maximum absolute atomic E-state index is 11.2. The summed E-state index contributed by atoms with van der Waals surface area (Å²) in [4.78, 5) is 12.6. The molecule has 0 spiro atoms. The van der Waals surface area contributed by atoms with E-state index in [2.05, 4.69) is 10.2 Å². The summed E-state index contributed by atoms with van der Waals surface area (Å²) >= 11 is 0. The Hall–Kier alpha value is -2.15. The Balaban J connectivity index is 2.35. The maximum atomic E-state index is 11.2. The quantitative estimate of drug-likeness (QED) is 0.644. The number of nitro groups is 1. The molecule has 0 radical (unpaired) electrons. The van der Waals surface area contributed by atoms with Crippen molar-refractivity contribution in [3.63, 3.8) is 0 Å². The minimum Gasteiger partial charge on any atom is -0.390 e. The van der Waals surface area contributed by atoms with Crippen LogP contribution in [0.3, 0.4) is 0 Å². The molecule has 2 N–H and O–H groups in total. The fraction of sp³-hybridized carbons (Fsp3) is 0.462. The zero-order valence-electron chi connectivity index (χ0n) is 11.8. The predicted molar refractivity (Wildman–Crippen MR) is 76.9 cm³/mol. The van der Waals surface area contributed by atoms with Crippen LogP contribution in [0, 0.1) is 10.1 Å². The molecule has 0 saturated carbocycles. The molecule has 0 unspecified atom stereocenters. The summed E-state index contributed by atoms with van der Waals surface area (Å²) in [5.41, 5.74) is 0.495. The van der Waals surface area contributed by atoms with Crippen molar-refractivity contribution in [2.75, 3.05) is 18.5 Å². The third kappa shape index (κ3) is 3.05. The van der Waals surface area contributed by atoms with Crippen LogP contribution in [-0.2, 0) is 0 Å². The predicted octanol–water partition coefficient (Wildman–Crippen LogP) is 2.07. The van der Waals surface area contributed by atoms with Gasteiger partial charge in [-0.1, -0.05) is 0 Å². The van der Waals surface area contributed by atoms with Crippen LogP contribution in [-0.4, -0.2) is 39.4 Å². The van der Waals surface area contributed by atoms with Gasteiger partial charge in [0, 0.05) is 25.0 Å². The highest BCUT2D eigenvalue weighted by Crippen LogP contribution is 2.32. The molecule has 0 atom stereocenters. The molecule has 0 saturated heterocycles. The molecule has 0 bridgehead atoms. The van der Waals surface area contributed by atoms with Gasteiger partial charge in [0.25, 0.3) is 5.69 Å². The van der Waals surface area contributed by atoms with Crippen LogP contribution in [0.4, 0.5) is 11.4 Å². The van der Waals surface area contributed by atoms with Crippen molar-refractivity contribution in [3.8, 4) is 0 Å². The summed E-state index contributed by atoms with van der Waals surface area (Å²) in [6.45, 7) is 3.95. The Morgan fingerprint density at radius 1 is 1.50 bits per heavy atom. The van der Waals surface area contributed by atoms with Gasteiger partial charge in [0.1, 0.15) is 5.69 Å². The maximum Gasteiger partial charge on any atom is 0.293 e. The second kappa shape index (κ2) is 5.09. The number of hydrogen-bond acceptors (Lipinski definition) is 5. The molecule has 2 rings (SSSR count). The van der Waals surface area contributed by atoms with Crippen LogP contribution in [0.2, 0.25) is 0 Å². The van der Waals surface area contributed by atoms with Gasteiger partial charge >= 0.3 is 0 Å². The molecule has 0 fully saturated rings. The zero-order valence-corrected chi connectivity index (χ0v) is 11.8. The average Bonchev–Trinajstić information content (AvgIpc) is 2.80. The Bertz CT molecular complexity index is 630. The second-order valence-electron chi connectivity index (χ2n) is 5.54. The topological polar surface area (TPSA) is 95.3 Å². The van der Waals surface area contributed by atoms with Gasteiger partial charge in [0.05, 0.1) is 22.2 Å². The normalized spacial score (nSPS) is 11.8. The molecule has 1 aromatic heterocycles. The Morgan fingerprint density at radius 2 is 2.20 bits per heavy atom. The van der Waals surface area contributed by atoms with Crippen LogP contribution >= 0.6 is 0 Å². The first-order valence-corrected chi connectivity index (χ1v) is 6.33. The fourth-order valence-corrected chi connectivity index (χ4v) is 1.98. The fourth-order valence-electron chi connectivity index (χ4n) is 1.98. The van der Waals surface area contributed by atoms with Gasteiger partial charge in [-0.2, -0.15) is 5.10 Å². The standard InChI is InChI=1S/C13H18N4O3/c1-13(2,18)4-5-16(3)11-7-10-9(8-14-15-10)6-12(11)17(19)20/h6-8,18H,4-5H2,1-3H3,(H,14,15). The molecular formula is C13H18N4O3. The van der Waals surface area contributed by atoms with E-state index < -0.39 is 10.5 Å². The van der Waals surface area contributed by atoms with Crippen molar-refractivity contribution in [2.24, 2.45) is 0 Å². The number of fused-ring (bicyclic) bond motifs is 1. The number of H-pyrrole nitrogens is 1. The van der Waals surface area contributed by atoms with E-state index in [4.69, 9.17) is 0 Å². The number of nitrogens with one attached hydrogen (secondary N) is 1. The average molecular weight is 278 g/mol. The molecule has 1 heterocycles. The van der Waals surface area contributed by atoms with Crippen LogP contribution < -0.4 is 4.90 Å². The number of nitro benzene ring substituents is 1. The van der Waals surface area contributed by atoms with Gasteiger partial charge < -0.3 is 10.0 Å². The summed E-state index contributed by atoms with van der Waals surface area (Å²) in [5.74, 6) is 0. The smallest absolute Gasteiger partial charge is 0.293 e. The van der Waals surface area contributed by atoms with Crippen molar-refractivity contribution < 1.29 is 10.0 Å². The summed E-state index contributed by atoms with van der Waals surface area (Å²) in [6, 6.07) is 3.22. The largest absolute Gasteiger partial charge is 0.390 e. The Morgan fingerprint density at radius 3 is 2.80 bits per heavy atom. The van der Waals surface area contributed by atoms with Crippen LogP contribution in [0.25, 0.3) is 10.9 Å². The SMILES string of the molecule is CN(CCC(C)(C)O)c1cc2[nH]ncc2cc1[N+](=O)[O-]. The minimum atomic E-state index is -0.804. The van der Waals surface area contributed by atoms with Crippen molar-refractivity contribution >= 4 is 22.3 Å². The van der Waals surface area contributed by atoms with Crippen molar-refractivity contribution in [2.45, 2.75) is 25.9 Å². The number of hydrogen-bond donors (Lipinski definition) is 2. The molecule has 2 aromatic rings. The van der Waals surface area contributed by atoms with Gasteiger partial charge in [0.2, 0.25) is 0 Å². The van der Waals surface area contributed by atoms with Crippen molar-refractivity contribution in [3.05, 3.63) is 28.4 Å². The first kappa shape index (κ1) is 14.3. The van der Waals surface area contributed by atoms with E-state index in [0.29, 0.717) is 24.0 Å².